The molecule has 0 aliphatic rings. The molecule has 0 aromatic heterocycles. The first-order chi connectivity index (χ1) is 2.41. The van der Waals surface area contributed by atoms with Crippen LogP contribution >= 0.6 is 0 Å². The van der Waals surface area contributed by atoms with Gasteiger partial charge in [0.05, 0.1) is 0 Å². The molecule has 0 aliphatic carbocycles. The Labute approximate surface area is 83.1 Å². The van der Waals surface area contributed by atoms with E-state index in [1.165, 1.54) is 12.8 Å². The van der Waals surface area contributed by atoms with Crippen molar-refractivity contribution in [1.82, 2.24) is 0 Å². The van der Waals surface area contributed by atoms with Crippen molar-refractivity contribution in [3.05, 3.63) is 6.92 Å². The summed E-state index contributed by atoms with van der Waals surface area (Å²) in [6.45, 7) is 5.85. The second-order valence-corrected chi connectivity index (χ2v) is 1.21. The van der Waals surface area contributed by atoms with E-state index >= 15 is 0 Å². The van der Waals surface area contributed by atoms with Gasteiger partial charge < -0.3 is 6.92 Å². The van der Waals surface area contributed by atoms with Gasteiger partial charge in [0.2, 0.25) is 0 Å². The Kier molecular flexibility index (Phi) is 17.3. The Morgan fingerprint density at radius 1 is 1.50 bits per heavy atom. The monoisotopic (exact) mass is 110 g/mol. The van der Waals surface area contributed by atoms with E-state index in [0.717, 1.165) is 6.42 Å². The third-order valence-electron chi connectivity index (χ3n) is 0.604. The summed E-state index contributed by atoms with van der Waals surface area (Å²) >= 11 is 0. The molecule has 0 radical (unpaired) electrons. The van der Waals surface area contributed by atoms with E-state index in [2.05, 4.69) is 13.8 Å². The van der Waals surface area contributed by atoms with E-state index in [0.29, 0.717) is 0 Å². The van der Waals surface area contributed by atoms with Gasteiger partial charge >= 0.3 is 51.4 Å². The molecule has 32 valence electrons. The van der Waals surface area contributed by atoms with E-state index in [1.807, 2.05) is 0 Å². The van der Waals surface area contributed by atoms with Crippen LogP contribution in [-0.4, -0.2) is 0 Å². The molecule has 0 heterocycles. The molecule has 0 aliphatic heterocycles. The Morgan fingerprint density at radius 3 is 2.00 bits per heavy atom. The molecule has 0 nitrogen and oxygen atoms in total. The maximum Gasteiger partial charge on any atom is 1.00 e. The van der Waals surface area contributed by atoms with Crippen molar-refractivity contribution in [2.24, 2.45) is 0 Å². The predicted molar refractivity (Wildman–Crippen MR) is 24.9 cm³/mol. The largest absolute Gasteiger partial charge is 1.00 e. The van der Waals surface area contributed by atoms with Crippen LogP contribution in [0.1, 0.15) is 26.2 Å². The van der Waals surface area contributed by atoms with E-state index in [1.54, 1.807) is 0 Å². The average molecular weight is 110 g/mol. The van der Waals surface area contributed by atoms with E-state index in [4.69, 9.17) is 0 Å². The second-order valence-electron chi connectivity index (χ2n) is 1.21. The second kappa shape index (κ2) is 9.81. The maximum absolute atomic E-state index is 3.68. The van der Waals surface area contributed by atoms with Crippen LogP contribution in [0.4, 0.5) is 0 Å². The minimum atomic E-state index is 0. The molecule has 0 aromatic carbocycles. The molecule has 0 rings (SSSR count). The average Bonchev–Trinajstić information content (AvgIpc) is 1.41. The molecule has 0 bridgehead atoms. The number of unbranched alkanes of at least 4 members (excludes halogenated alkanes) is 2. The van der Waals surface area contributed by atoms with Crippen LogP contribution in [0.3, 0.4) is 0 Å². The van der Waals surface area contributed by atoms with Gasteiger partial charge in [0.25, 0.3) is 0 Å². The van der Waals surface area contributed by atoms with Crippen LogP contribution in [-0.2, 0) is 0 Å². The standard InChI is InChI=1S/C5H11.K/c1-3-5-4-2;/h1,3-5H2,2H3;/q-1;+1. The minimum Gasteiger partial charge on any atom is -0.343 e. The van der Waals surface area contributed by atoms with Gasteiger partial charge in [-0.05, 0) is 0 Å². The summed E-state index contributed by atoms with van der Waals surface area (Å²) in [5, 5.41) is 0. The molecule has 6 heavy (non-hydrogen) atoms. The molecule has 0 saturated carbocycles. The van der Waals surface area contributed by atoms with Crippen molar-refractivity contribution in [3.8, 4) is 0 Å². The first kappa shape index (κ1) is 10.6. The van der Waals surface area contributed by atoms with Gasteiger partial charge in [0.15, 0.2) is 0 Å². The van der Waals surface area contributed by atoms with Gasteiger partial charge in [0, 0.05) is 0 Å². The summed E-state index contributed by atoms with van der Waals surface area (Å²) in [5.41, 5.74) is 0. The molecular weight excluding hydrogens is 99.2 g/mol. The number of hydrogen-bond acceptors (Lipinski definition) is 0. The Morgan fingerprint density at radius 2 is 2.00 bits per heavy atom. The van der Waals surface area contributed by atoms with Gasteiger partial charge in [-0.1, -0.05) is 19.8 Å². The molecule has 0 fully saturated rings. The normalized spacial score (nSPS) is 7.00. The molecule has 0 unspecified atom stereocenters. The molecule has 0 aromatic rings. The zero-order valence-electron chi connectivity index (χ0n) is 4.83. The van der Waals surface area contributed by atoms with Crippen molar-refractivity contribution in [2.45, 2.75) is 26.2 Å². The third-order valence-corrected chi connectivity index (χ3v) is 0.604. The fraction of sp³-hybridized carbons (Fsp3) is 0.800. The Bertz CT molecular complexity index is 11.4. The smallest absolute Gasteiger partial charge is 0.343 e. The summed E-state index contributed by atoms with van der Waals surface area (Å²) in [6.07, 6.45) is 3.65. The van der Waals surface area contributed by atoms with Crippen molar-refractivity contribution in [2.75, 3.05) is 0 Å². The Balaban J connectivity index is 0. The van der Waals surface area contributed by atoms with Gasteiger partial charge in [-0.25, -0.2) is 0 Å². The molecule has 0 N–H and O–H groups in total. The maximum atomic E-state index is 3.68. The van der Waals surface area contributed by atoms with E-state index in [9.17, 15) is 0 Å². The minimum absolute atomic E-state index is 0. The van der Waals surface area contributed by atoms with Crippen LogP contribution in [0, 0.1) is 6.92 Å². The third kappa shape index (κ3) is 9.16. The van der Waals surface area contributed by atoms with Gasteiger partial charge in [0.1, 0.15) is 0 Å². The summed E-state index contributed by atoms with van der Waals surface area (Å²) in [6, 6.07) is 0. The predicted octanol–water partition coefficient (Wildman–Crippen LogP) is -0.985. The summed E-state index contributed by atoms with van der Waals surface area (Å²) in [4.78, 5) is 0. The fourth-order valence-electron chi connectivity index (χ4n) is 0.250. The van der Waals surface area contributed by atoms with Gasteiger partial charge in [-0.15, -0.1) is 0 Å². The zero-order valence-corrected chi connectivity index (χ0v) is 7.95. The number of rotatable bonds is 2. The molecule has 0 amide bonds. The van der Waals surface area contributed by atoms with E-state index < -0.39 is 0 Å². The van der Waals surface area contributed by atoms with Crippen LogP contribution in [0.5, 0.6) is 0 Å². The Hall–Kier alpha value is 1.64. The summed E-state index contributed by atoms with van der Waals surface area (Å²) in [7, 11) is 0. The van der Waals surface area contributed by atoms with Crippen molar-refractivity contribution >= 4 is 0 Å². The van der Waals surface area contributed by atoms with Crippen molar-refractivity contribution in [3.63, 3.8) is 0 Å². The molecule has 0 spiro atoms. The van der Waals surface area contributed by atoms with Crippen LogP contribution < -0.4 is 51.4 Å². The number of hydrogen-bond donors (Lipinski definition) is 0. The first-order valence-corrected chi connectivity index (χ1v) is 2.21. The summed E-state index contributed by atoms with van der Waals surface area (Å²) in [5.74, 6) is 0. The van der Waals surface area contributed by atoms with Crippen LogP contribution in [0.2, 0.25) is 0 Å². The van der Waals surface area contributed by atoms with E-state index in [-0.39, 0.29) is 51.4 Å². The molecule has 0 saturated heterocycles. The fourth-order valence-corrected chi connectivity index (χ4v) is 0.250. The van der Waals surface area contributed by atoms with Gasteiger partial charge in [-0.3, -0.25) is 0 Å². The quantitative estimate of drug-likeness (QED) is 0.316. The molecule has 0 atom stereocenters. The van der Waals surface area contributed by atoms with Crippen LogP contribution in [0.25, 0.3) is 0 Å². The SMILES string of the molecule is [CH2-]CCCC.[K+]. The zero-order chi connectivity index (χ0) is 4.12. The van der Waals surface area contributed by atoms with Crippen LogP contribution in [0.15, 0.2) is 0 Å². The summed E-state index contributed by atoms with van der Waals surface area (Å²) < 4.78 is 0. The van der Waals surface area contributed by atoms with Crippen molar-refractivity contribution < 1.29 is 51.4 Å². The first-order valence-electron chi connectivity index (χ1n) is 2.21. The molecule has 1 heteroatoms. The van der Waals surface area contributed by atoms with Gasteiger partial charge in [-0.2, -0.15) is 6.42 Å². The molecular formula is C5H11K. The topological polar surface area (TPSA) is 0 Å². The van der Waals surface area contributed by atoms with Crippen molar-refractivity contribution in [1.29, 1.82) is 0 Å².